The van der Waals surface area contributed by atoms with E-state index in [0.29, 0.717) is 43.1 Å². The van der Waals surface area contributed by atoms with Crippen molar-refractivity contribution in [1.29, 1.82) is 5.41 Å². The van der Waals surface area contributed by atoms with Crippen molar-refractivity contribution in [3.05, 3.63) is 53.2 Å². The fourth-order valence-electron chi connectivity index (χ4n) is 4.40. The first-order chi connectivity index (χ1) is 15.5. The molecule has 0 aromatic heterocycles. The zero-order valence-electron chi connectivity index (χ0n) is 18.4. The molecule has 2 aliphatic rings. The van der Waals surface area contributed by atoms with E-state index in [2.05, 4.69) is 16.7 Å². The Kier molecular flexibility index (Phi) is 7.81. The van der Waals surface area contributed by atoms with Crippen LogP contribution in [0.1, 0.15) is 38.2 Å². The third-order valence-electron chi connectivity index (χ3n) is 6.18. The van der Waals surface area contributed by atoms with Crippen molar-refractivity contribution < 1.29 is 9.59 Å². The Morgan fingerprint density at radius 1 is 1.22 bits per heavy atom. The van der Waals surface area contributed by atoms with Crippen LogP contribution in [0.25, 0.3) is 5.57 Å². The number of hydrogen-bond donors (Lipinski definition) is 1. The van der Waals surface area contributed by atoms with Crippen LogP contribution in [0.15, 0.2) is 52.9 Å². The number of likely N-dealkylation sites (tertiary alicyclic amines) is 1. The van der Waals surface area contributed by atoms with Crippen LogP contribution in [-0.4, -0.2) is 48.8 Å². The van der Waals surface area contributed by atoms with Crippen molar-refractivity contribution in [2.45, 2.75) is 32.6 Å². The van der Waals surface area contributed by atoms with Crippen LogP contribution in [0.4, 0.5) is 5.69 Å². The molecule has 2 amide bonds. The Balaban J connectivity index is 1.58. The van der Waals surface area contributed by atoms with Gasteiger partial charge in [0.25, 0.3) is 5.91 Å². The molecule has 1 unspecified atom stereocenters. The Labute approximate surface area is 188 Å². The van der Waals surface area contributed by atoms with Crippen molar-refractivity contribution in [3.8, 4) is 0 Å². The minimum Gasteiger partial charge on any atom is -0.337 e. The van der Waals surface area contributed by atoms with Gasteiger partial charge in [0.05, 0.1) is 6.20 Å². The molecule has 32 heavy (non-hydrogen) atoms. The predicted octanol–water partition coefficient (Wildman–Crippen LogP) is 4.03. The van der Waals surface area contributed by atoms with Crippen molar-refractivity contribution in [3.63, 3.8) is 0 Å². The van der Waals surface area contributed by atoms with Crippen molar-refractivity contribution >= 4 is 35.5 Å². The normalized spacial score (nSPS) is 20.1. The molecule has 1 aromatic carbocycles. The number of anilines is 1. The molecule has 168 valence electrons. The first-order valence-corrected chi connectivity index (χ1v) is 10.9. The zero-order chi connectivity index (χ0) is 23.1. The van der Waals surface area contributed by atoms with Gasteiger partial charge in [0, 0.05) is 49.7 Å². The Morgan fingerprint density at radius 3 is 2.50 bits per heavy atom. The van der Waals surface area contributed by atoms with Gasteiger partial charge in [0.15, 0.2) is 0 Å². The van der Waals surface area contributed by atoms with Gasteiger partial charge in [-0.3, -0.25) is 14.6 Å². The molecule has 2 aliphatic heterocycles. The SMILES string of the molecule is C=C(N=CCC)C(=O)N1CCC(C2CC(=O)N(c3ccc(C(C=N)=CN=O)cc3)C2)CC1. The van der Waals surface area contributed by atoms with Crippen LogP contribution < -0.4 is 4.90 Å². The van der Waals surface area contributed by atoms with Gasteiger partial charge in [-0.25, -0.2) is 0 Å². The second kappa shape index (κ2) is 10.7. The van der Waals surface area contributed by atoms with Crippen LogP contribution in [-0.2, 0) is 9.59 Å². The highest BCUT2D eigenvalue weighted by atomic mass is 16.2. The molecule has 3 rings (SSSR count). The monoisotopic (exact) mass is 435 g/mol. The summed E-state index contributed by atoms with van der Waals surface area (Å²) in [5.74, 6) is 0.643. The molecule has 2 heterocycles. The van der Waals surface area contributed by atoms with Crippen molar-refractivity contribution in [2.24, 2.45) is 22.0 Å². The molecule has 1 aromatic rings. The number of nitroso groups, excluding NO2 is 1. The standard InChI is InChI=1S/C24H29N5O3/c1-3-10-26-17(2)24(31)28-11-8-19(9-12-28)20-13-23(30)29(16-20)22-6-4-18(5-7-22)21(14-25)15-27-32/h4-7,10,14-15,19-20,25H,2-3,8-9,11-13,16H2,1H3. The third-order valence-corrected chi connectivity index (χ3v) is 6.18. The third kappa shape index (κ3) is 5.25. The van der Waals surface area contributed by atoms with Crippen LogP contribution in [0.5, 0.6) is 0 Å². The average Bonchev–Trinajstić information content (AvgIpc) is 3.22. The molecule has 0 radical (unpaired) electrons. The summed E-state index contributed by atoms with van der Waals surface area (Å²) >= 11 is 0. The van der Waals surface area contributed by atoms with E-state index >= 15 is 0 Å². The van der Waals surface area contributed by atoms with E-state index in [1.807, 2.05) is 24.0 Å². The first kappa shape index (κ1) is 23.2. The second-order valence-electron chi connectivity index (χ2n) is 8.15. The molecule has 1 atom stereocenters. The molecule has 8 nitrogen and oxygen atoms in total. The fraction of sp³-hybridized carbons (Fsp3) is 0.417. The van der Waals surface area contributed by atoms with E-state index < -0.39 is 0 Å². The minimum absolute atomic E-state index is 0.0981. The predicted molar refractivity (Wildman–Crippen MR) is 127 cm³/mol. The maximum Gasteiger partial charge on any atom is 0.271 e. The molecule has 8 heteroatoms. The van der Waals surface area contributed by atoms with E-state index in [-0.39, 0.29) is 23.4 Å². The summed E-state index contributed by atoms with van der Waals surface area (Å²) in [5, 5.41) is 10.1. The molecular formula is C24H29N5O3. The molecule has 0 spiro atoms. The lowest BCUT2D eigenvalue weighted by atomic mass is 9.83. The van der Waals surface area contributed by atoms with Crippen LogP contribution >= 0.6 is 0 Å². The number of rotatable bonds is 8. The summed E-state index contributed by atoms with van der Waals surface area (Å²) in [6.07, 6.45) is 6.88. The highest BCUT2D eigenvalue weighted by Crippen LogP contribution is 2.35. The number of nitrogens with one attached hydrogen (secondary N) is 1. The zero-order valence-corrected chi connectivity index (χ0v) is 18.4. The summed E-state index contributed by atoms with van der Waals surface area (Å²) in [4.78, 5) is 43.4. The molecular weight excluding hydrogens is 406 g/mol. The highest BCUT2D eigenvalue weighted by Gasteiger charge is 2.37. The minimum atomic E-state index is -0.111. The number of allylic oxidation sites excluding steroid dienone is 1. The van der Waals surface area contributed by atoms with Gasteiger partial charge >= 0.3 is 0 Å². The summed E-state index contributed by atoms with van der Waals surface area (Å²) in [6.45, 7) is 7.71. The number of amides is 2. The van der Waals surface area contributed by atoms with E-state index in [0.717, 1.165) is 37.4 Å². The Hall–Kier alpha value is -3.42. The molecule has 0 saturated carbocycles. The number of carbonyl (C=O) groups excluding carboxylic acids is 2. The van der Waals surface area contributed by atoms with Gasteiger partial charge in [0.1, 0.15) is 5.70 Å². The summed E-state index contributed by atoms with van der Waals surface area (Å²) in [6, 6.07) is 7.24. The second-order valence-corrected chi connectivity index (χ2v) is 8.15. The van der Waals surface area contributed by atoms with E-state index in [1.54, 1.807) is 23.2 Å². The first-order valence-electron chi connectivity index (χ1n) is 10.9. The summed E-state index contributed by atoms with van der Waals surface area (Å²) in [5.41, 5.74) is 2.21. The molecule has 1 N–H and O–H groups in total. The van der Waals surface area contributed by atoms with Crippen LogP contribution in [0.2, 0.25) is 0 Å². The van der Waals surface area contributed by atoms with Crippen molar-refractivity contribution in [2.75, 3.05) is 24.5 Å². The van der Waals surface area contributed by atoms with Gasteiger partial charge in [-0.1, -0.05) is 25.6 Å². The van der Waals surface area contributed by atoms with Crippen molar-refractivity contribution in [1.82, 2.24) is 4.90 Å². The van der Waals surface area contributed by atoms with Gasteiger partial charge in [-0.2, -0.15) is 0 Å². The fourth-order valence-corrected chi connectivity index (χ4v) is 4.40. The van der Waals surface area contributed by atoms with Crippen LogP contribution in [0, 0.1) is 22.2 Å². The van der Waals surface area contributed by atoms with Crippen LogP contribution in [0.3, 0.4) is 0 Å². The number of hydrogen-bond acceptors (Lipinski definition) is 6. The molecule has 0 bridgehead atoms. The number of carbonyl (C=O) groups is 2. The van der Waals surface area contributed by atoms with Gasteiger partial charge < -0.3 is 15.2 Å². The number of aliphatic imine (C=N–C) groups is 1. The van der Waals surface area contributed by atoms with Gasteiger partial charge in [0.2, 0.25) is 5.91 Å². The highest BCUT2D eigenvalue weighted by molar-refractivity contribution is 6.08. The summed E-state index contributed by atoms with van der Waals surface area (Å²) < 4.78 is 0. The average molecular weight is 436 g/mol. The number of benzene rings is 1. The Bertz CT molecular complexity index is 943. The molecule has 2 saturated heterocycles. The quantitative estimate of drug-likeness (QED) is 0.378. The number of piperidine rings is 1. The number of nitrogens with zero attached hydrogens (tertiary/aromatic N) is 4. The smallest absolute Gasteiger partial charge is 0.271 e. The van der Waals surface area contributed by atoms with Gasteiger partial charge in [-0.15, -0.1) is 4.91 Å². The summed E-state index contributed by atoms with van der Waals surface area (Å²) in [7, 11) is 0. The molecule has 2 fully saturated rings. The lowest BCUT2D eigenvalue weighted by Gasteiger charge is -2.34. The molecule has 0 aliphatic carbocycles. The Morgan fingerprint density at radius 2 is 1.91 bits per heavy atom. The topological polar surface area (TPSA) is 106 Å². The van der Waals surface area contributed by atoms with Gasteiger partial charge in [-0.05, 0) is 54.0 Å². The maximum absolute atomic E-state index is 12.7. The lowest BCUT2D eigenvalue weighted by Crippen LogP contribution is -2.40. The van der Waals surface area contributed by atoms with E-state index in [9.17, 15) is 14.5 Å². The largest absolute Gasteiger partial charge is 0.337 e. The maximum atomic E-state index is 12.7. The lowest BCUT2D eigenvalue weighted by molar-refractivity contribution is -0.128. The van der Waals surface area contributed by atoms with E-state index in [1.165, 1.54) is 0 Å². The van der Waals surface area contributed by atoms with E-state index in [4.69, 9.17) is 5.41 Å².